The zero-order valence-electron chi connectivity index (χ0n) is 6.37. The second-order valence-corrected chi connectivity index (χ2v) is 5.02. The van der Waals surface area contributed by atoms with E-state index >= 15 is 0 Å². The van der Waals surface area contributed by atoms with Crippen LogP contribution in [0.15, 0.2) is 27.5 Å². The van der Waals surface area contributed by atoms with Gasteiger partial charge < -0.3 is 0 Å². The Labute approximate surface area is 92.7 Å². The summed E-state index contributed by atoms with van der Waals surface area (Å²) < 4.78 is 1.06. The highest BCUT2D eigenvalue weighted by Crippen LogP contribution is 2.26. The number of hydrogen-bond acceptors (Lipinski definition) is 3. The van der Waals surface area contributed by atoms with Crippen molar-refractivity contribution >= 4 is 38.9 Å². The molecule has 0 unspecified atom stereocenters. The first-order chi connectivity index (χ1) is 6.25. The summed E-state index contributed by atoms with van der Waals surface area (Å²) >= 11 is 10.7. The number of aromatic nitrogens is 2. The molecule has 0 aromatic carbocycles. The lowest BCUT2D eigenvalue weighted by Gasteiger charge is -1.94. The third-order valence-corrected chi connectivity index (χ3v) is 3.16. The normalized spacial score (nSPS) is 10.3. The van der Waals surface area contributed by atoms with E-state index in [0.29, 0.717) is 11.0 Å². The van der Waals surface area contributed by atoms with Crippen LogP contribution in [0, 0.1) is 0 Å². The van der Waals surface area contributed by atoms with Gasteiger partial charge in [-0.05, 0) is 28.1 Å². The first-order valence-electron chi connectivity index (χ1n) is 3.48. The van der Waals surface area contributed by atoms with Gasteiger partial charge in [-0.2, -0.15) is 0 Å². The van der Waals surface area contributed by atoms with Gasteiger partial charge in [0, 0.05) is 17.1 Å². The molecule has 0 radical (unpaired) electrons. The number of thiophene rings is 1. The number of hydrogen-bond donors (Lipinski definition) is 0. The molecule has 13 heavy (non-hydrogen) atoms. The van der Waals surface area contributed by atoms with Crippen LogP contribution in [-0.4, -0.2) is 9.97 Å². The van der Waals surface area contributed by atoms with E-state index in [1.165, 1.54) is 0 Å². The Balaban J connectivity index is 2.46. The third-order valence-electron chi connectivity index (χ3n) is 1.45. The molecule has 0 saturated carbocycles. The van der Waals surface area contributed by atoms with Crippen LogP contribution in [0.4, 0.5) is 0 Å². The highest BCUT2D eigenvalue weighted by atomic mass is 79.9. The van der Waals surface area contributed by atoms with Crippen molar-refractivity contribution in [3.63, 3.8) is 0 Å². The molecule has 0 saturated heterocycles. The molecule has 2 aromatic heterocycles. The average Bonchev–Trinajstić information content (AvgIpc) is 2.52. The fourth-order valence-corrected chi connectivity index (χ4v) is 2.17. The molecule has 0 aliphatic carbocycles. The van der Waals surface area contributed by atoms with Crippen molar-refractivity contribution < 1.29 is 0 Å². The molecule has 0 fully saturated rings. The molecule has 0 aliphatic heterocycles. The van der Waals surface area contributed by atoms with Gasteiger partial charge in [0.15, 0.2) is 5.82 Å². The molecule has 5 heteroatoms. The van der Waals surface area contributed by atoms with Crippen molar-refractivity contribution in [1.29, 1.82) is 0 Å². The summed E-state index contributed by atoms with van der Waals surface area (Å²) in [7, 11) is 0. The summed E-state index contributed by atoms with van der Waals surface area (Å²) in [6.07, 6.45) is 1.65. The maximum absolute atomic E-state index is 5.74. The summed E-state index contributed by atoms with van der Waals surface area (Å²) in [5.74, 6) is 0.662. The fourth-order valence-electron chi connectivity index (χ4n) is 0.903. The van der Waals surface area contributed by atoms with Crippen molar-refractivity contribution in [2.75, 3.05) is 0 Å². The number of halogens is 2. The smallest absolute Gasteiger partial charge is 0.161 e. The predicted molar refractivity (Wildman–Crippen MR) is 58.1 cm³/mol. The Morgan fingerprint density at radius 2 is 2.31 bits per heavy atom. The van der Waals surface area contributed by atoms with Gasteiger partial charge in [-0.3, -0.25) is 0 Å². The lowest BCUT2D eigenvalue weighted by Crippen LogP contribution is -1.85. The Morgan fingerprint density at radius 3 is 2.92 bits per heavy atom. The maximum atomic E-state index is 5.74. The van der Waals surface area contributed by atoms with E-state index in [4.69, 9.17) is 11.6 Å². The van der Waals surface area contributed by atoms with Gasteiger partial charge in [-0.25, -0.2) is 9.97 Å². The van der Waals surface area contributed by atoms with Crippen LogP contribution >= 0.6 is 38.9 Å². The molecule has 0 amide bonds. The van der Waals surface area contributed by atoms with Gasteiger partial charge >= 0.3 is 0 Å². The maximum Gasteiger partial charge on any atom is 0.161 e. The minimum absolute atomic E-state index is 0.465. The van der Waals surface area contributed by atoms with Crippen molar-refractivity contribution in [2.45, 2.75) is 0 Å². The molecule has 2 nitrogen and oxygen atoms in total. The van der Waals surface area contributed by atoms with E-state index in [1.54, 1.807) is 23.6 Å². The van der Waals surface area contributed by atoms with Crippen molar-refractivity contribution in [1.82, 2.24) is 9.97 Å². The second-order valence-electron chi connectivity index (χ2n) is 2.34. The Bertz CT molecular complexity index is 430. The average molecular weight is 276 g/mol. The highest BCUT2D eigenvalue weighted by molar-refractivity contribution is 9.11. The van der Waals surface area contributed by atoms with Crippen molar-refractivity contribution in [3.05, 3.63) is 32.6 Å². The van der Waals surface area contributed by atoms with Crippen LogP contribution in [0.1, 0.15) is 0 Å². The van der Waals surface area contributed by atoms with Crippen molar-refractivity contribution in [3.8, 4) is 11.4 Å². The summed E-state index contributed by atoms with van der Waals surface area (Å²) in [5.41, 5.74) is 0.986. The molecular weight excluding hydrogens is 272 g/mol. The van der Waals surface area contributed by atoms with Crippen LogP contribution < -0.4 is 0 Å². The second kappa shape index (κ2) is 3.74. The summed E-state index contributed by atoms with van der Waals surface area (Å²) in [5, 5.41) is 2.45. The Kier molecular flexibility index (Phi) is 2.62. The molecule has 0 bridgehead atoms. The molecule has 0 aliphatic rings. The van der Waals surface area contributed by atoms with E-state index in [0.717, 1.165) is 9.35 Å². The summed E-state index contributed by atoms with van der Waals surface area (Å²) in [4.78, 5) is 8.21. The highest BCUT2D eigenvalue weighted by Gasteiger charge is 2.03. The molecule has 2 rings (SSSR count). The summed E-state index contributed by atoms with van der Waals surface area (Å²) in [6, 6.07) is 3.63. The first-order valence-corrected chi connectivity index (χ1v) is 5.54. The molecule has 66 valence electrons. The molecule has 0 spiro atoms. The molecule has 2 aromatic rings. The van der Waals surface area contributed by atoms with Gasteiger partial charge in [0.2, 0.25) is 0 Å². The standard InChI is InChI=1S/C8H4BrClN2S/c9-6-3-5(4-13-6)8-11-2-1-7(10)12-8/h1-4H. The monoisotopic (exact) mass is 274 g/mol. The first kappa shape index (κ1) is 9.12. The Hall–Kier alpha value is -0.450. The molecule has 0 atom stereocenters. The van der Waals surface area contributed by atoms with Gasteiger partial charge in [0.25, 0.3) is 0 Å². The van der Waals surface area contributed by atoms with Crippen LogP contribution in [-0.2, 0) is 0 Å². The molecular formula is C8H4BrClN2S. The van der Waals surface area contributed by atoms with E-state index in [1.807, 2.05) is 11.4 Å². The van der Waals surface area contributed by atoms with E-state index < -0.39 is 0 Å². The van der Waals surface area contributed by atoms with Gasteiger partial charge in [0.05, 0.1) is 3.79 Å². The number of nitrogens with zero attached hydrogens (tertiary/aromatic N) is 2. The van der Waals surface area contributed by atoms with E-state index in [2.05, 4.69) is 25.9 Å². The largest absolute Gasteiger partial charge is 0.236 e. The Morgan fingerprint density at radius 1 is 1.46 bits per heavy atom. The fraction of sp³-hybridized carbons (Fsp3) is 0. The zero-order chi connectivity index (χ0) is 9.26. The molecule has 0 N–H and O–H groups in total. The minimum atomic E-state index is 0.465. The lowest BCUT2D eigenvalue weighted by atomic mass is 10.3. The van der Waals surface area contributed by atoms with Gasteiger partial charge in [-0.15, -0.1) is 11.3 Å². The van der Waals surface area contributed by atoms with Crippen LogP contribution in [0.5, 0.6) is 0 Å². The quantitative estimate of drug-likeness (QED) is 0.743. The van der Waals surface area contributed by atoms with Crippen LogP contribution in [0.3, 0.4) is 0 Å². The SMILES string of the molecule is Clc1ccnc(-c2csc(Br)c2)n1. The lowest BCUT2D eigenvalue weighted by molar-refractivity contribution is 1.18. The van der Waals surface area contributed by atoms with Crippen LogP contribution in [0.25, 0.3) is 11.4 Å². The van der Waals surface area contributed by atoms with Gasteiger partial charge in [-0.1, -0.05) is 11.6 Å². The van der Waals surface area contributed by atoms with E-state index in [-0.39, 0.29) is 0 Å². The van der Waals surface area contributed by atoms with Crippen LogP contribution in [0.2, 0.25) is 5.15 Å². The third kappa shape index (κ3) is 2.07. The minimum Gasteiger partial charge on any atom is -0.236 e. The zero-order valence-corrected chi connectivity index (χ0v) is 9.53. The topological polar surface area (TPSA) is 25.8 Å². The summed E-state index contributed by atoms with van der Waals surface area (Å²) in [6.45, 7) is 0. The van der Waals surface area contributed by atoms with Gasteiger partial charge in [0.1, 0.15) is 5.15 Å². The molecule has 2 heterocycles. The predicted octanol–water partition coefficient (Wildman–Crippen LogP) is 3.62. The van der Waals surface area contributed by atoms with Crippen molar-refractivity contribution in [2.24, 2.45) is 0 Å². The number of rotatable bonds is 1. The van der Waals surface area contributed by atoms with E-state index in [9.17, 15) is 0 Å².